The first kappa shape index (κ1) is 15.3. The number of hydrogen-bond donors (Lipinski definition) is 0. The van der Waals surface area contributed by atoms with Gasteiger partial charge in [-0.05, 0) is 20.8 Å². The first-order chi connectivity index (χ1) is 8.65. The van der Waals surface area contributed by atoms with Crippen molar-refractivity contribution >= 4 is 23.9 Å². The van der Waals surface area contributed by atoms with Crippen LogP contribution in [0.25, 0.3) is 0 Å². The third kappa shape index (κ3) is 3.87. The molecule has 6 nitrogen and oxygen atoms in total. The van der Waals surface area contributed by atoms with E-state index in [9.17, 15) is 19.2 Å². The Hall–Kier alpha value is -1.72. The van der Waals surface area contributed by atoms with E-state index >= 15 is 0 Å². The van der Waals surface area contributed by atoms with Crippen molar-refractivity contribution in [2.45, 2.75) is 33.3 Å². The van der Waals surface area contributed by atoms with E-state index in [0.717, 1.165) is 0 Å². The monoisotopic (exact) mass is 269 g/mol. The second-order valence-electron chi connectivity index (χ2n) is 5.76. The average Bonchev–Trinajstić information content (AvgIpc) is 2.29. The Morgan fingerprint density at radius 3 is 2.37 bits per heavy atom. The molecule has 1 rings (SSSR count). The molecule has 6 heteroatoms. The lowest BCUT2D eigenvalue weighted by Gasteiger charge is -2.35. The maximum Gasteiger partial charge on any atom is 0.410 e. The topological polar surface area (TPSA) is 80.8 Å². The van der Waals surface area contributed by atoms with Gasteiger partial charge in [-0.1, -0.05) is 6.92 Å². The zero-order valence-corrected chi connectivity index (χ0v) is 11.6. The van der Waals surface area contributed by atoms with Crippen LogP contribution in [0.1, 0.15) is 27.7 Å². The van der Waals surface area contributed by atoms with Crippen LogP contribution in [0.5, 0.6) is 0 Å². The number of aldehydes is 1. The number of ketones is 2. The predicted molar refractivity (Wildman–Crippen MR) is 66.5 cm³/mol. The highest BCUT2D eigenvalue weighted by Gasteiger charge is 2.39. The molecule has 0 spiro atoms. The van der Waals surface area contributed by atoms with Gasteiger partial charge < -0.3 is 9.64 Å². The molecule has 0 saturated carbocycles. The number of carbonyl (C=O) groups is 4. The molecule has 0 aromatic rings. The largest absolute Gasteiger partial charge is 0.444 e. The van der Waals surface area contributed by atoms with Gasteiger partial charge in [0.15, 0.2) is 6.29 Å². The number of ether oxygens (including phenoxy) is 1. The Morgan fingerprint density at radius 1 is 1.32 bits per heavy atom. The van der Waals surface area contributed by atoms with Crippen molar-refractivity contribution in [1.29, 1.82) is 0 Å². The standard InChI is InChI=1S/C13H19NO5/c1-8-5-14(12(18)19-13(2,3)4)6-9(11(8)17)10(16)7-15/h7-9H,5-6H2,1-4H3/t8-,9?/m1/s1. The minimum Gasteiger partial charge on any atom is -0.444 e. The molecule has 0 radical (unpaired) electrons. The average molecular weight is 269 g/mol. The maximum atomic E-state index is 11.9. The normalized spacial score (nSPS) is 24.0. The number of likely N-dealkylation sites (tertiary alicyclic amines) is 1. The van der Waals surface area contributed by atoms with E-state index in [0.29, 0.717) is 0 Å². The van der Waals surface area contributed by atoms with Crippen LogP contribution in [0.4, 0.5) is 4.79 Å². The molecule has 106 valence electrons. The van der Waals surface area contributed by atoms with Crippen molar-refractivity contribution < 1.29 is 23.9 Å². The van der Waals surface area contributed by atoms with Crippen LogP contribution >= 0.6 is 0 Å². The number of amides is 1. The third-order valence-corrected chi connectivity index (χ3v) is 2.84. The Bertz CT molecular complexity index is 410. The van der Waals surface area contributed by atoms with Gasteiger partial charge in [0.2, 0.25) is 5.78 Å². The summed E-state index contributed by atoms with van der Waals surface area (Å²) in [5.74, 6) is -2.62. The van der Waals surface area contributed by atoms with E-state index in [4.69, 9.17) is 4.74 Å². The molecule has 0 aliphatic carbocycles. The molecule has 19 heavy (non-hydrogen) atoms. The summed E-state index contributed by atoms with van der Waals surface area (Å²) in [5.41, 5.74) is -0.647. The first-order valence-electron chi connectivity index (χ1n) is 6.16. The van der Waals surface area contributed by atoms with E-state index in [-0.39, 0.29) is 25.2 Å². The summed E-state index contributed by atoms with van der Waals surface area (Å²) in [4.78, 5) is 47.0. The van der Waals surface area contributed by atoms with Gasteiger partial charge >= 0.3 is 6.09 Å². The fourth-order valence-corrected chi connectivity index (χ4v) is 1.94. The zero-order chi connectivity index (χ0) is 14.8. The molecule has 1 fully saturated rings. The smallest absolute Gasteiger partial charge is 0.410 e. The highest BCUT2D eigenvalue weighted by atomic mass is 16.6. The molecule has 0 N–H and O–H groups in total. The molecular formula is C13H19NO5. The van der Waals surface area contributed by atoms with Gasteiger partial charge in [-0.2, -0.15) is 0 Å². The van der Waals surface area contributed by atoms with Crippen LogP contribution in [0.2, 0.25) is 0 Å². The lowest BCUT2D eigenvalue weighted by molar-refractivity contribution is -0.142. The first-order valence-corrected chi connectivity index (χ1v) is 6.16. The zero-order valence-electron chi connectivity index (χ0n) is 11.6. The van der Waals surface area contributed by atoms with Gasteiger partial charge in [0.05, 0.1) is 0 Å². The lowest BCUT2D eigenvalue weighted by Crippen LogP contribution is -2.52. The van der Waals surface area contributed by atoms with E-state index < -0.39 is 29.3 Å². The summed E-state index contributed by atoms with van der Waals surface area (Å²) >= 11 is 0. The van der Waals surface area contributed by atoms with Gasteiger partial charge in [-0.25, -0.2) is 4.79 Å². The molecule has 1 saturated heterocycles. The van der Waals surface area contributed by atoms with E-state index in [1.54, 1.807) is 27.7 Å². The fourth-order valence-electron chi connectivity index (χ4n) is 1.94. The van der Waals surface area contributed by atoms with Crippen LogP contribution in [-0.4, -0.2) is 47.5 Å². The Morgan fingerprint density at radius 2 is 1.89 bits per heavy atom. The van der Waals surface area contributed by atoms with Crippen molar-refractivity contribution in [2.75, 3.05) is 13.1 Å². The second kappa shape index (κ2) is 5.50. The summed E-state index contributed by atoms with van der Waals surface area (Å²) in [5, 5.41) is 0. The summed E-state index contributed by atoms with van der Waals surface area (Å²) in [6, 6.07) is 0. The minimum atomic E-state index is -1.06. The highest BCUT2D eigenvalue weighted by Crippen LogP contribution is 2.21. The Kier molecular flexibility index (Phi) is 4.44. The van der Waals surface area contributed by atoms with Gasteiger partial charge in [-0.15, -0.1) is 0 Å². The molecule has 1 aliphatic rings. The molecule has 1 heterocycles. The van der Waals surface area contributed by atoms with Crippen molar-refractivity contribution in [3.05, 3.63) is 0 Å². The molecule has 0 bridgehead atoms. The van der Waals surface area contributed by atoms with Crippen LogP contribution in [-0.2, 0) is 19.1 Å². The van der Waals surface area contributed by atoms with Crippen LogP contribution in [0.3, 0.4) is 0 Å². The van der Waals surface area contributed by atoms with Gasteiger partial charge in [0.1, 0.15) is 17.3 Å². The second-order valence-corrected chi connectivity index (χ2v) is 5.76. The lowest BCUT2D eigenvalue weighted by atomic mass is 9.86. The van der Waals surface area contributed by atoms with Crippen molar-refractivity contribution in [3.63, 3.8) is 0 Å². The van der Waals surface area contributed by atoms with Crippen molar-refractivity contribution in [2.24, 2.45) is 11.8 Å². The molecule has 1 amide bonds. The van der Waals surface area contributed by atoms with Crippen molar-refractivity contribution in [3.8, 4) is 0 Å². The Balaban J connectivity index is 2.82. The van der Waals surface area contributed by atoms with Crippen molar-refractivity contribution in [1.82, 2.24) is 4.90 Å². The molecule has 1 aliphatic heterocycles. The molecule has 2 atom stereocenters. The summed E-state index contributed by atoms with van der Waals surface area (Å²) in [6.45, 7) is 6.95. The quantitative estimate of drug-likeness (QED) is 0.421. The molecular weight excluding hydrogens is 250 g/mol. The fraction of sp³-hybridized carbons (Fsp3) is 0.692. The predicted octanol–water partition coefficient (Wildman–Crippen LogP) is 0.826. The number of nitrogens with zero attached hydrogens (tertiary/aromatic N) is 1. The van der Waals surface area contributed by atoms with Crippen LogP contribution in [0.15, 0.2) is 0 Å². The van der Waals surface area contributed by atoms with E-state index in [1.807, 2.05) is 0 Å². The van der Waals surface area contributed by atoms with Gasteiger partial charge in [0.25, 0.3) is 0 Å². The van der Waals surface area contributed by atoms with Gasteiger partial charge in [-0.3, -0.25) is 14.4 Å². The Labute approximate surface area is 112 Å². The number of hydrogen-bond acceptors (Lipinski definition) is 5. The molecule has 1 unspecified atom stereocenters. The molecule has 0 aromatic heterocycles. The highest BCUT2D eigenvalue weighted by molar-refractivity contribution is 6.31. The summed E-state index contributed by atoms with van der Waals surface area (Å²) in [6.07, 6.45) is -0.441. The number of Topliss-reactive ketones (excluding diaryl/α,β-unsaturated/α-hetero) is 2. The van der Waals surface area contributed by atoms with E-state index in [1.165, 1.54) is 4.90 Å². The van der Waals surface area contributed by atoms with Crippen LogP contribution < -0.4 is 0 Å². The third-order valence-electron chi connectivity index (χ3n) is 2.84. The molecule has 0 aromatic carbocycles. The summed E-state index contributed by atoms with van der Waals surface area (Å²) in [7, 11) is 0. The number of piperidine rings is 1. The summed E-state index contributed by atoms with van der Waals surface area (Å²) < 4.78 is 5.20. The minimum absolute atomic E-state index is 0.0876. The number of rotatable bonds is 2. The maximum absolute atomic E-state index is 11.9. The number of carbonyl (C=O) groups excluding carboxylic acids is 4. The van der Waals surface area contributed by atoms with Crippen LogP contribution in [0, 0.1) is 11.8 Å². The van der Waals surface area contributed by atoms with E-state index in [2.05, 4.69) is 0 Å². The van der Waals surface area contributed by atoms with Gasteiger partial charge in [0, 0.05) is 19.0 Å². The SMILES string of the molecule is C[C@@H]1CN(C(=O)OC(C)(C)C)CC(C(=O)C=O)C1=O.